The first-order valence-corrected chi connectivity index (χ1v) is 7.43. The van der Waals surface area contributed by atoms with Gasteiger partial charge in [-0.05, 0) is 31.5 Å². The van der Waals surface area contributed by atoms with Gasteiger partial charge < -0.3 is 15.7 Å². The highest BCUT2D eigenvalue weighted by molar-refractivity contribution is 5.93. The van der Waals surface area contributed by atoms with E-state index in [0.29, 0.717) is 5.69 Å². The Morgan fingerprint density at radius 1 is 1.24 bits per heavy atom. The molecule has 0 bridgehead atoms. The molecule has 0 fully saturated rings. The number of unbranched alkanes of at least 4 members (excludes halogenated alkanes) is 3. The van der Waals surface area contributed by atoms with Crippen LogP contribution in [0.2, 0.25) is 0 Å². The number of carbonyl (C=O) groups is 2. The lowest BCUT2D eigenvalue weighted by molar-refractivity contribution is 0.0697. The Hall–Kier alpha value is -2.04. The number of carbonyl (C=O) groups excluding carboxylic acids is 1. The molecule has 0 aromatic heterocycles. The zero-order valence-electron chi connectivity index (χ0n) is 12.7. The molecule has 0 radical (unpaired) electrons. The second-order valence-electron chi connectivity index (χ2n) is 5.23. The Morgan fingerprint density at radius 3 is 2.67 bits per heavy atom. The van der Waals surface area contributed by atoms with Crippen LogP contribution in [-0.4, -0.2) is 23.1 Å². The lowest BCUT2D eigenvalue weighted by Crippen LogP contribution is -2.36. The Bertz CT molecular complexity index is 474. The standard InChI is InChI=1S/C16H24N2O3/c1-3-4-5-6-8-12(2)17-16(21)18-14-10-7-9-13(11-14)15(19)20/h7,9-12H,3-6,8H2,1-2H3,(H,19,20)(H2,17,18,21). The van der Waals surface area contributed by atoms with E-state index in [9.17, 15) is 9.59 Å². The molecule has 0 saturated heterocycles. The second kappa shape index (κ2) is 9.00. The zero-order valence-corrected chi connectivity index (χ0v) is 12.7. The summed E-state index contributed by atoms with van der Waals surface area (Å²) in [5.41, 5.74) is 0.631. The van der Waals surface area contributed by atoms with E-state index in [2.05, 4.69) is 17.6 Å². The maximum Gasteiger partial charge on any atom is 0.335 e. The van der Waals surface area contributed by atoms with Crippen LogP contribution in [0.5, 0.6) is 0 Å². The largest absolute Gasteiger partial charge is 0.478 e. The van der Waals surface area contributed by atoms with Crippen LogP contribution in [0.25, 0.3) is 0 Å². The van der Waals surface area contributed by atoms with Crippen molar-refractivity contribution < 1.29 is 14.7 Å². The molecule has 116 valence electrons. The maximum atomic E-state index is 11.8. The van der Waals surface area contributed by atoms with Crippen molar-refractivity contribution in [2.45, 2.75) is 52.0 Å². The molecule has 0 heterocycles. The number of benzene rings is 1. The summed E-state index contributed by atoms with van der Waals surface area (Å²) in [6, 6.07) is 5.99. The van der Waals surface area contributed by atoms with Crippen LogP contribution in [0, 0.1) is 0 Å². The summed E-state index contributed by atoms with van der Waals surface area (Å²) in [5, 5.41) is 14.4. The quantitative estimate of drug-likeness (QED) is 0.636. The summed E-state index contributed by atoms with van der Waals surface area (Å²) in [4.78, 5) is 22.7. The van der Waals surface area contributed by atoms with Gasteiger partial charge in [-0.3, -0.25) is 0 Å². The van der Waals surface area contributed by atoms with Gasteiger partial charge in [0.2, 0.25) is 0 Å². The van der Waals surface area contributed by atoms with Crippen molar-refractivity contribution in [3.05, 3.63) is 29.8 Å². The van der Waals surface area contributed by atoms with Crippen LogP contribution in [0.4, 0.5) is 10.5 Å². The number of carboxylic acids is 1. The van der Waals surface area contributed by atoms with Crippen molar-refractivity contribution in [1.29, 1.82) is 0 Å². The number of urea groups is 1. The van der Waals surface area contributed by atoms with Crippen molar-refractivity contribution in [3.63, 3.8) is 0 Å². The Morgan fingerprint density at radius 2 is 2.00 bits per heavy atom. The molecule has 0 aliphatic carbocycles. The molecule has 3 N–H and O–H groups in total. The van der Waals surface area contributed by atoms with Crippen molar-refractivity contribution in [2.24, 2.45) is 0 Å². The van der Waals surface area contributed by atoms with Gasteiger partial charge in [0.25, 0.3) is 0 Å². The monoisotopic (exact) mass is 292 g/mol. The molecule has 2 amide bonds. The van der Waals surface area contributed by atoms with E-state index in [4.69, 9.17) is 5.11 Å². The lowest BCUT2D eigenvalue weighted by atomic mass is 10.1. The number of rotatable bonds is 8. The van der Waals surface area contributed by atoms with Gasteiger partial charge in [-0.15, -0.1) is 0 Å². The van der Waals surface area contributed by atoms with Crippen LogP contribution < -0.4 is 10.6 Å². The van der Waals surface area contributed by atoms with Gasteiger partial charge in [0.05, 0.1) is 5.56 Å². The average molecular weight is 292 g/mol. The molecule has 0 aliphatic rings. The van der Waals surface area contributed by atoms with Gasteiger partial charge >= 0.3 is 12.0 Å². The third kappa shape index (κ3) is 6.79. The smallest absolute Gasteiger partial charge is 0.335 e. The SMILES string of the molecule is CCCCCCC(C)NC(=O)Nc1cccc(C(=O)O)c1. The van der Waals surface area contributed by atoms with E-state index in [1.807, 2.05) is 6.92 Å². The highest BCUT2D eigenvalue weighted by Crippen LogP contribution is 2.11. The summed E-state index contributed by atoms with van der Waals surface area (Å²) in [6.07, 6.45) is 5.65. The molecule has 1 aromatic carbocycles. The third-order valence-electron chi connectivity index (χ3n) is 3.24. The Balaban J connectivity index is 2.39. The van der Waals surface area contributed by atoms with Gasteiger partial charge in [0, 0.05) is 11.7 Å². The number of amides is 2. The average Bonchev–Trinajstić information content (AvgIpc) is 2.43. The summed E-state index contributed by atoms with van der Waals surface area (Å²) >= 11 is 0. The molecule has 1 aromatic rings. The van der Waals surface area contributed by atoms with E-state index in [1.165, 1.54) is 31.4 Å². The summed E-state index contributed by atoms with van der Waals surface area (Å²) in [7, 11) is 0. The summed E-state index contributed by atoms with van der Waals surface area (Å²) in [6.45, 7) is 4.14. The van der Waals surface area contributed by atoms with Crippen LogP contribution in [-0.2, 0) is 0 Å². The van der Waals surface area contributed by atoms with Gasteiger partial charge in [-0.2, -0.15) is 0 Å². The number of hydrogen-bond donors (Lipinski definition) is 3. The van der Waals surface area contributed by atoms with E-state index in [0.717, 1.165) is 12.8 Å². The predicted octanol–water partition coefficient (Wildman–Crippen LogP) is 3.87. The molecule has 1 unspecified atom stereocenters. The first-order valence-electron chi connectivity index (χ1n) is 7.43. The van der Waals surface area contributed by atoms with Crippen molar-refractivity contribution in [3.8, 4) is 0 Å². The molecule has 21 heavy (non-hydrogen) atoms. The minimum atomic E-state index is -1.01. The number of aromatic carboxylic acids is 1. The van der Waals surface area contributed by atoms with E-state index < -0.39 is 5.97 Å². The maximum absolute atomic E-state index is 11.8. The van der Waals surface area contributed by atoms with Crippen molar-refractivity contribution >= 4 is 17.7 Å². The van der Waals surface area contributed by atoms with Gasteiger partial charge in [-0.1, -0.05) is 38.7 Å². The molecule has 1 rings (SSSR count). The molecule has 5 heteroatoms. The number of carboxylic acid groups (broad SMARTS) is 1. The molecular formula is C16H24N2O3. The van der Waals surface area contributed by atoms with E-state index >= 15 is 0 Å². The van der Waals surface area contributed by atoms with Crippen molar-refractivity contribution in [2.75, 3.05) is 5.32 Å². The molecule has 0 spiro atoms. The predicted molar refractivity (Wildman–Crippen MR) is 83.8 cm³/mol. The summed E-state index contributed by atoms with van der Waals surface area (Å²) in [5.74, 6) is -1.01. The normalized spacial score (nSPS) is 11.7. The molecular weight excluding hydrogens is 268 g/mol. The fraction of sp³-hybridized carbons (Fsp3) is 0.500. The fourth-order valence-electron chi connectivity index (χ4n) is 2.07. The lowest BCUT2D eigenvalue weighted by Gasteiger charge is -2.14. The van der Waals surface area contributed by atoms with E-state index in [-0.39, 0.29) is 17.6 Å². The van der Waals surface area contributed by atoms with E-state index in [1.54, 1.807) is 12.1 Å². The molecule has 1 atom stereocenters. The molecule has 0 aliphatic heterocycles. The van der Waals surface area contributed by atoms with Crippen LogP contribution in [0.3, 0.4) is 0 Å². The van der Waals surface area contributed by atoms with Crippen LogP contribution in [0.1, 0.15) is 56.3 Å². The Kier molecular flexibility index (Phi) is 7.29. The van der Waals surface area contributed by atoms with Crippen LogP contribution in [0.15, 0.2) is 24.3 Å². The van der Waals surface area contributed by atoms with Gasteiger partial charge in [-0.25, -0.2) is 9.59 Å². The first-order chi connectivity index (χ1) is 10.0. The number of hydrogen-bond acceptors (Lipinski definition) is 2. The number of anilines is 1. The topological polar surface area (TPSA) is 78.4 Å². The third-order valence-corrected chi connectivity index (χ3v) is 3.24. The molecule has 5 nitrogen and oxygen atoms in total. The van der Waals surface area contributed by atoms with Crippen LogP contribution >= 0.6 is 0 Å². The minimum absolute atomic E-state index is 0.101. The fourth-order valence-corrected chi connectivity index (χ4v) is 2.07. The van der Waals surface area contributed by atoms with Crippen molar-refractivity contribution in [1.82, 2.24) is 5.32 Å². The summed E-state index contributed by atoms with van der Waals surface area (Å²) < 4.78 is 0. The highest BCUT2D eigenvalue weighted by atomic mass is 16.4. The molecule has 0 saturated carbocycles. The zero-order chi connectivity index (χ0) is 15.7. The first kappa shape index (κ1) is 17.0. The van der Waals surface area contributed by atoms with Gasteiger partial charge in [0.15, 0.2) is 0 Å². The number of nitrogens with one attached hydrogen (secondary N) is 2. The highest BCUT2D eigenvalue weighted by Gasteiger charge is 2.08. The Labute approximate surface area is 125 Å². The second-order valence-corrected chi connectivity index (χ2v) is 5.23. The minimum Gasteiger partial charge on any atom is -0.478 e. The van der Waals surface area contributed by atoms with Gasteiger partial charge in [0.1, 0.15) is 0 Å².